The number of hydrogen-bond acceptors (Lipinski definition) is 6. The summed E-state index contributed by atoms with van der Waals surface area (Å²) in [5.41, 5.74) is 7.34. The van der Waals surface area contributed by atoms with Gasteiger partial charge in [-0.15, -0.1) is 22.0 Å². The van der Waals surface area contributed by atoms with E-state index >= 15 is 0 Å². The van der Waals surface area contributed by atoms with Gasteiger partial charge in [-0.2, -0.15) is 0 Å². The highest BCUT2D eigenvalue weighted by atomic mass is 32.2. The molecule has 0 unspecified atom stereocenters. The minimum absolute atomic E-state index is 0.493. The topological polar surface area (TPSA) is 78.1 Å². The molecule has 6 heteroatoms. The van der Waals surface area contributed by atoms with Crippen molar-refractivity contribution in [3.05, 3.63) is 47.7 Å². The molecule has 0 atom stereocenters. The second-order valence-corrected chi connectivity index (χ2v) is 5.74. The number of rotatable bonds is 4. The van der Waals surface area contributed by atoms with Gasteiger partial charge in [0, 0.05) is 10.6 Å². The quantitative estimate of drug-likeness (QED) is 0.583. The van der Waals surface area contributed by atoms with Crippen LogP contribution in [0.25, 0.3) is 11.5 Å². The van der Waals surface area contributed by atoms with Gasteiger partial charge >= 0.3 is 0 Å². The average Bonchev–Trinajstić information content (AvgIpc) is 3.03. The Labute approximate surface area is 126 Å². The SMILES string of the molecule is Cc1cc(-c2nnc(CSc3cccc(N)c3)o2)c(C)o1. The lowest BCUT2D eigenvalue weighted by Gasteiger charge is -1.99. The molecule has 108 valence electrons. The van der Waals surface area contributed by atoms with Gasteiger partial charge in [-0.1, -0.05) is 6.07 Å². The lowest BCUT2D eigenvalue weighted by atomic mass is 10.2. The van der Waals surface area contributed by atoms with Crippen LogP contribution in [0.1, 0.15) is 17.4 Å². The predicted molar refractivity (Wildman–Crippen MR) is 81.9 cm³/mol. The average molecular weight is 301 g/mol. The van der Waals surface area contributed by atoms with Crippen LogP contribution in [-0.4, -0.2) is 10.2 Å². The van der Waals surface area contributed by atoms with Crippen molar-refractivity contribution < 1.29 is 8.83 Å². The minimum Gasteiger partial charge on any atom is -0.466 e. The Kier molecular flexibility index (Phi) is 3.70. The van der Waals surface area contributed by atoms with Crippen molar-refractivity contribution in [2.24, 2.45) is 0 Å². The maximum absolute atomic E-state index is 5.75. The van der Waals surface area contributed by atoms with Crippen LogP contribution in [0.2, 0.25) is 0 Å². The third-order valence-corrected chi connectivity index (χ3v) is 3.94. The molecule has 0 saturated heterocycles. The Hall–Kier alpha value is -2.21. The summed E-state index contributed by atoms with van der Waals surface area (Å²) in [6.45, 7) is 3.77. The standard InChI is InChI=1S/C15H15N3O2S/c1-9-6-13(10(2)19-9)15-18-17-14(20-15)8-21-12-5-3-4-11(16)7-12/h3-7H,8,16H2,1-2H3. The fraction of sp³-hybridized carbons (Fsp3) is 0.200. The van der Waals surface area contributed by atoms with Crippen LogP contribution in [0, 0.1) is 13.8 Å². The van der Waals surface area contributed by atoms with Crippen LogP contribution in [-0.2, 0) is 5.75 Å². The van der Waals surface area contributed by atoms with Crippen molar-refractivity contribution in [3.8, 4) is 11.5 Å². The molecule has 0 bridgehead atoms. The number of aryl methyl sites for hydroxylation is 2. The zero-order valence-electron chi connectivity index (χ0n) is 11.8. The largest absolute Gasteiger partial charge is 0.466 e. The van der Waals surface area contributed by atoms with E-state index in [0.717, 1.165) is 27.7 Å². The fourth-order valence-corrected chi connectivity index (χ4v) is 2.81. The van der Waals surface area contributed by atoms with Crippen LogP contribution < -0.4 is 5.73 Å². The van der Waals surface area contributed by atoms with Gasteiger partial charge in [-0.25, -0.2) is 0 Å². The first-order valence-corrected chi connectivity index (χ1v) is 7.48. The zero-order valence-corrected chi connectivity index (χ0v) is 12.6. The van der Waals surface area contributed by atoms with Crippen molar-refractivity contribution in [3.63, 3.8) is 0 Å². The van der Waals surface area contributed by atoms with E-state index in [-0.39, 0.29) is 0 Å². The molecule has 2 N–H and O–H groups in total. The summed E-state index contributed by atoms with van der Waals surface area (Å²) in [5, 5.41) is 8.15. The van der Waals surface area contributed by atoms with E-state index in [9.17, 15) is 0 Å². The molecule has 1 aromatic carbocycles. The Balaban J connectivity index is 1.72. The number of aromatic nitrogens is 2. The number of anilines is 1. The smallest absolute Gasteiger partial charge is 0.251 e. The molecule has 21 heavy (non-hydrogen) atoms. The summed E-state index contributed by atoms with van der Waals surface area (Å²) in [6.07, 6.45) is 0. The molecule has 5 nitrogen and oxygen atoms in total. The van der Waals surface area contributed by atoms with E-state index in [2.05, 4.69) is 10.2 Å². The molecular formula is C15H15N3O2S. The number of benzene rings is 1. The summed E-state index contributed by atoms with van der Waals surface area (Å²) in [4.78, 5) is 1.07. The molecule has 0 aliphatic rings. The van der Waals surface area contributed by atoms with Gasteiger partial charge in [0.25, 0.3) is 5.89 Å². The first-order chi connectivity index (χ1) is 10.1. The first-order valence-electron chi connectivity index (χ1n) is 6.50. The van der Waals surface area contributed by atoms with E-state index in [0.29, 0.717) is 17.5 Å². The molecule has 0 aliphatic carbocycles. The number of nitrogens with zero attached hydrogens (tertiary/aromatic N) is 2. The highest BCUT2D eigenvalue weighted by Crippen LogP contribution is 2.28. The van der Waals surface area contributed by atoms with Gasteiger partial charge in [0.1, 0.15) is 11.5 Å². The number of thioether (sulfide) groups is 1. The van der Waals surface area contributed by atoms with Gasteiger partial charge in [0.2, 0.25) is 5.89 Å². The summed E-state index contributed by atoms with van der Waals surface area (Å²) in [7, 11) is 0. The minimum atomic E-state index is 0.493. The first kappa shape index (κ1) is 13.8. The molecule has 3 rings (SSSR count). The van der Waals surface area contributed by atoms with Crippen molar-refractivity contribution in [2.75, 3.05) is 5.73 Å². The molecule has 2 heterocycles. The second-order valence-electron chi connectivity index (χ2n) is 4.69. The highest BCUT2D eigenvalue weighted by molar-refractivity contribution is 7.98. The van der Waals surface area contributed by atoms with Gasteiger partial charge in [-0.05, 0) is 38.1 Å². The van der Waals surface area contributed by atoms with Crippen molar-refractivity contribution >= 4 is 17.4 Å². The molecule has 0 amide bonds. The lowest BCUT2D eigenvalue weighted by molar-refractivity contribution is 0.499. The molecule has 0 spiro atoms. The number of nitrogens with two attached hydrogens (primary N) is 1. The van der Waals surface area contributed by atoms with Crippen molar-refractivity contribution in [2.45, 2.75) is 24.5 Å². The summed E-state index contributed by atoms with van der Waals surface area (Å²) in [5.74, 6) is 3.29. The summed E-state index contributed by atoms with van der Waals surface area (Å²) >= 11 is 1.61. The maximum Gasteiger partial charge on any atom is 0.251 e. The third kappa shape index (κ3) is 3.11. The van der Waals surface area contributed by atoms with Crippen molar-refractivity contribution in [1.29, 1.82) is 0 Å². The van der Waals surface area contributed by atoms with Gasteiger partial charge in [0.05, 0.1) is 11.3 Å². The number of furan rings is 1. The van der Waals surface area contributed by atoms with Crippen molar-refractivity contribution in [1.82, 2.24) is 10.2 Å². The zero-order chi connectivity index (χ0) is 14.8. The van der Waals surface area contributed by atoms with Crippen LogP contribution in [0.4, 0.5) is 5.69 Å². The Bertz CT molecular complexity index is 764. The monoisotopic (exact) mass is 301 g/mol. The van der Waals surface area contributed by atoms with Crippen LogP contribution in [0.15, 0.2) is 44.1 Å². The fourth-order valence-electron chi connectivity index (χ4n) is 2.01. The molecular weight excluding hydrogens is 286 g/mol. The predicted octanol–water partition coefficient (Wildman–Crippen LogP) is 3.82. The Morgan fingerprint density at radius 1 is 1.14 bits per heavy atom. The van der Waals surface area contributed by atoms with Crippen LogP contribution >= 0.6 is 11.8 Å². The molecule has 3 aromatic rings. The van der Waals surface area contributed by atoms with Gasteiger partial charge < -0.3 is 14.6 Å². The number of nitrogen functional groups attached to an aromatic ring is 1. The summed E-state index contributed by atoms with van der Waals surface area (Å²) < 4.78 is 11.2. The maximum atomic E-state index is 5.75. The van der Waals surface area contributed by atoms with E-state index in [1.165, 1.54) is 0 Å². The molecule has 0 radical (unpaired) electrons. The van der Waals surface area contributed by atoms with E-state index in [1.807, 2.05) is 44.2 Å². The van der Waals surface area contributed by atoms with Gasteiger partial charge in [-0.3, -0.25) is 0 Å². The second kappa shape index (κ2) is 5.65. The van der Waals surface area contributed by atoms with Crippen LogP contribution in [0.5, 0.6) is 0 Å². The lowest BCUT2D eigenvalue weighted by Crippen LogP contribution is -1.84. The molecule has 2 aromatic heterocycles. The number of hydrogen-bond donors (Lipinski definition) is 1. The Morgan fingerprint density at radius 2 is 2.00 bits per heavy atom. The molecule has 0 saturated carbocycles. The summed E-state index contributed by atoms with van der Waals surface area (Å²) in [6, 6.07) is 9.61. The Morgan fingerprint density at radius 3 is 2.71 bits per heavy atom. The third-order valence-electron chi connectivity index (χ3n) is 2.96. The molecule has 0 fully saturated rings. The highest BCUT2D eigenvalue weighted by Gasteiger charge is 2.14. The van der Waals surface area contributed by atoms with E-state index in [1.54, 1.807) is 11.8 Å². The van der Waals surface area contributed by atoms with E-state index < -0.39 is 0 Å². The molecule has 0 aliphatic heterocycles. The van der Waals surface area contributed by atoms with Crippen LogP contribution in [0.3, 0.4) is 0 Å². The van der Waals surface area contributed by atoms with E-state index in [4.69, 9.17) is 14.6 Å². The van der Waals surface area contributed by atoms with Gasteiger partial charge in [0.15, 0.2) is 0 Å². The normalized spacial score (nSPS) is 11.0.